The number of urea groups is 1. The molecule has 2 aliphatic rings. The number of pyridine rings is 1. The van der Waals surface area contributed by atoms with Gasteiger partial charge in [0.05, 0.1) is 13.2 Å². The van der Waals surface area contributed by atoms with Gasteiger partial charge in [-0.05, 0) is 60.2 Å². The molecule has 3 amide bonds. The summed E-state index contributed by atoms with van der Waals surface area (Å²) in [4.78, 5) is 33.1. The largest absolute Gasteiger partial charge is 0.378 e. The number of aromatic nitrogens is 1. The van der Waals surface area contributed by atoms with Crippen molar-refractivity contribution in [3.8, 4) is 11.1 Å². The molecule has 32 heavy (non-hydrogen) atoms. The van der Waals surface area contributed by atoms with E-state index in [1.807, 2.05) is 36.1 Å². The van der Waals surface area contributed by atoms with Gasteiger partial charge in [-0.25, -0.2) is 9.78 Å². The number of likely N-dealkylation sites (tertiary alicyclic amines) is 1. The number of carbonyl (C=O) groups is 2. The zero-order chi connectivity index (χ0) is 22.7. The number of aryl methyl sites for hydroxylation is 1. The average molecular weight is 438 g/mol. The van der Waals surface area contributed by atoms with Crippen molar-refractivity contribution >= 4 is 23.4 Å². The van der Waals surface area contributed by atoms with Crippen molar-refractivity contribution in [1.82, 2.24) is 9.88 Å². The highest BCUT2D eigenvalue weighted by atomic mass is 16.5. The van der Waals surface area contributed by atoms with Gasteiger partial charge in [-0.1, -0.05) is 19.4 Å². The zero-order valence-electron chi connectivity index (χ0n) is 18.8. The summed E-state index contributed by atoms with van der Waals surface area (Å²) in [5.41, 5.74) is 9.33. The standard InChI is InChI=1S/C24H31N5O3/c1-3-17-6-7-29(15-17)24(31)26-19-5-4-16(2)20(14-19)18-12-21(23(25)30)27-22(13-18)28-8-10-32-11-9-28/h4-5,12-14,17H,3,6-11,15H2,1-2H3,(H2,25,30)(H,26,31)/t17-/m1/s1. The molecule has 1 atom stereocenters. The van der Waals surface area contributed by atoms with Gasteiger partial charge in [0.25, 0.3) is 5.91 Å². The molecule has 2 aromatic rings. The molecule has 0 radical (unpaired) electrons. The van der Waals surface area contributed by atoms with E-state index in [0.717, 1.165) is 48.3 Å². The molecule has 0 bridgehead atoms. The van der Waals surface area contributed by atoms with Crippen LogP contribution in [0.5, 0.6) is 0 Å². The van der Waals surface area contributed by atoms with E-state index in [1.54, 1.807) is 6.07 Å². The molecule has 0 saturated carbocycles. The number of primary amides is 1. The van der Waals surface area contributed by atoms with Crippen LogP contribution in [0.4, 0.5) is 16.3 Å². The number of amides is 3. The Kier molecular flexibility index (Phi) is 6.60. The maximum absolute atomic E-state index is 12.7. The van der Waals surface area contributed by atoms with Crippen molar-refractivity contribution in [1.29, 1.82) is 0 Å². The first-order valence-corrected chi connectivity index (χ1v) is 11.3. The molecule has 2 fully saturated rings. The molecule has 3 N–H and O–H groups in total. The van der Waals surface area contributed by atoms with Gasteiger partial charge in [-0.15, -0.1) is 0 Å². The minimum Gasteiger partial charge on any atom is -0.378 e. The second-order valence-corrected chi connectivity index (χ2v) is 8.53. The lowest BCUT2D eigenvalue weighted by Crippen LogP contribution is -2.37. The summed E-state index contributed by atoms with van der Waals surface area (Å²) in [7, 11) is 0. The number of rotatable bonds is 5. The van der Waals surface area contributed by atoms with Gasteiger partial charge >= 0.3 is 6.03 Å². The number of nitrogens with zero attached hydrogens (tertiary/aromatic N) is 3. The van der Waals surface area contributed by atoms with E-state index in [-0.39, 0.29) is 11.7 Å². The van der Waals surface area contributed by atoms with Crippen LogP contribution < -0.4 is 16.0 Å². The van der Waals surface area contributed by atoms with Gasteiger partial charge in [0, 0.05) is 31.9 Å². The van der Waals surface area contributed by atoms with Crippen LogP contribution in [-0.4, -0.2) is 61.2 Å². The van der Waals surface area contributed by atoms with E-state index in [0.29, 0.717) is 38.0 Å². The Hall–Kier alpha value is -3.13. The predicted octanol–water partition coefficient (Wildman–Crippen LogP) is 3.26. The van der Waals surface area contributed by atoms with Gasteiger partial charge in [0.2, 0.25) is 0 Å². The number of anilines is 2. The molecule has 170 valence electrons. The SMILES string of the molecule is CC[C@@H]1CCN(C(=O)Nc2ccc(C)c(-c3cc(C(N)=O)nc(N4CCOCC4)c3)c2)C1. The quantitative estimate of drug-likeness (QED) is 0.748. The number of hydrogen-bond donors (Lipinski definition) is 2. The number of nitrogens with two attached hydrogens (primary N) is 1. The van der Waals surface area contributed by atoms with E-state index in [9.17, 15) is 9.59 Å². The summed E-state index contributed by atoms with van der Waals surface area (Å²) in [6.07, 6.45) is 2.15. The highest BCUT2D eigenvalue weighted by molar-refractivity contribution is 5.94. The topological polar surface area (TPSA) is 101 Å². The molecule has 4 rings (SSSR count). The van der Waals surface area contributed by atoms with Gasteiger partial charge < -0.3 is 25.6 Å². The van der Waals surface area contributed by atoms with Crippen LogP contribution in [-0.2, 0) is 4.74 Å². The Balaban J connectivity index is 1.62. The van der Waals surface area contributed by atoms with Crippen LogP contribution in [0.3, 0.4) is 0 Å². The summed E-state index contributed by atoms with van der Waals surface area (Å²) < 4.78 is 5.44. The summed E-state index contributed by atoms with van der Waals surface area (Å²) in [6.45, 7) is 8.41. The van der Waals surface area contributed by atoms with Crippen LogP contribution >= 0.6 is 0 Å². The Bertz CT molecular complexity index is 1000. The number of morpholine rings is 1. The molecular formula is C24H31N5O3. The van der Waals surface area contributed by atoms with Crippen molar-refractivity contribution in [3.05, 3.63) is 41.6 Å². The van der Waals surface area contributed by atoms with Gasteiger partial charge in [-0.2, -0.15) is 0 Å². The molecule has 2 saturated heterocycles. The smallest absolute Gasteiger partial charge is 0.321 e. The minimum absolute atomic E-state index is 0.0719. The fourth-order valence-electron chi connectivity index (χ4n) is 4.32. The van der Waals surface area contributed by atoms with Crippen molar-refractivity contribution < 1.29 is 14.3 Å². The molecule has 1 aromatic heterocycles. The van der Waals surface area contributed by atoms with Crippen LogP contribution in [0.2, 0.25) is 0 Å². The first-order valence-electron chi connectivity index (χ1n) is 11.3. The summed E-state index contributed by atoms with van der Waals surface area (Å²) in [5, 5.41) is 3.03. The first-order chi connectivity index (χ1) is 15.4. The molecular weight excluding hydrogens is 406 g/mol. The third-order valence-electron chi connectivity index (χ3n) is 6.35. The second kappa shape index (κ2) is 9.56. The Morgan fingerprint density at radius 2 is 1.97 bits per heavy atom. The molecule has 8 nitrogen and oxygen atoms in total. The van der Waals surface area contributed by atoms with E-state index in [4.69, 9.17) is 10.5 Å². The molecule has 0 aliphatic carbocycles. The molecule has 0 unspecified atom stereocenters. The van der Waals surface area contributed by atoms with Crippen LogP contribution in [0.25, 0.3) is 11.1 Å². The number of carbonyl (C=O) groups excluding carboxylic acids is 2. The minimum atomic E-state index is -0.567. The van der Waals surface area contributed by atoms with Gasteiger partial charge in [0.1, 0.15) is 11.5 Å². The van der Waals surface area contributed by atoms with E-state index < -0.39 is 5.91 Å². The molecule has 2 aliphatic heterocycles. The Morgan fingerprint density at radius 1 is 1.19 bits per heavy atom. The van der Waals surface area contributed by atoms with Crippen molar-refractivity contribution in [2.45, 2.75) is 26.7 Å². The molecule has 0 spiro atoms. The molecule has 1 aromatic carbocycles. The summed E-state index contributed by atoms with van der Waals surface area (Å²) >= 11 is 0. The predicted molar refractivity (Wildman–Crippen MR) is 125 cm³/mol. The van der Waals surface area contributed by atoms with E-state index in [1.165, 1.54) is 0 Å². The Morgan fingerprint density at radius 3 is 2.66 bits per heavy atom. The lowest BCUT2D eigenvalue weighted by Gasteiger charge is -2.28. The second-order valence-electron chi connectivity index (χ2n) is 8.53. The van der Waals surface area contributed by atoms with Crippen molar-refractivity contribution in [3.63, 3.8) is 0 Å². The third kappa shape index (κ3) is 4.85. The fraction of sp³-hybridized carbons (Fsp3) is 0.458. The fourth-order valence-corrected chi connectivity index (χ4v) is 4.32. The maximum Gasteiger partial charge on any atom is 0.321 e. The van der Waals surface area contributed by atoms with Gasteiger partial charge in [-0.3, -0.25) is 4.79 Å². The number of hydrogen-bond acceptors (Lipinski definition) is 5. The third-order valence-corrected chi connectivity index (χ3v) is 6.35. The summed E-state index contributed by atoms with van der Waals surface area (Å²) in [6, 6.07) is 9.44. The van der Waals surface area contributed by atoms with Crippen molar-refractivity contribution in [2.24, 2.45) is 11.7 Å². The maximum atomic E-state index is 12.7. The highest BCUT2D eigenvalue weighted by Crippen LogP contribution is 2.30. The molecule has 8 heteroatoms. The zero-order valence-corrected chi connectivity index (χ0v) is 18.8. The van der Waals surface area contributed by atoms with E-state index >= 15 is 0 Å². The number of ether oxygens (including phenoxy) is 1. The monoisotopic (exact) mass is 437 g/mol. The number of nitrogens with one attached hydrogen (secondary N) is 1. The first kappa shape index (κ1) is 22.1. The normalized spacial score (nSPS) is 18.6. The lowest BCUT2D eigenvalue weighted by molar-refractivity contribution is 0.0995. The van der Waals surface area contributed by atoms with Crippen LogP contribution in [0.1, 0.15) is 35.8 Å². The highest BCUT2D eigenvalue weighted by Gasteiger charge is 2.25. The Labute approximate surface area is 188 Å². The number of benzene rings is 1. The lowest BCUT2D eigenvalue weighted by atomic mass is 9.99. The van der Waals surface area contributed by atoms with Gasteiger partial charge in [0.15, 0.2) is 0 Å². The van der Waals surface area contributed by atoms with Crippen LogP contribution in [0.15, 0.2) is 30.3 Å². The van der Waals surface area contributed by atoms with Crippen molar-refractivity contribution in [2.75, 3.05) is 49.6 Å². The van der Waals surface area contributed by atoms with E-state index in [2.05, 4.69) is 22.1 Å². The average Bonchev–Trinajstić information content (AvgIpc) is 3.30. The molecule has 3 heterocycles. The van der Waals surface area contributed by atoms with Crippen LogP contribution in [0, 0.1) is 12.8 Å². The summed E-state index contributed by atoms with van der Waals surface area (Å²) in [5.74, 6) is 0.719.